The molecule has 0 saturated heterocycles. The van der Waals surface area contributed by atoms with Gasteiger partial charge in [0.2, 0.25) is 0 Å². The molecule has 0 heterocycles. The molecule has 2 aromatic rings. The summed E-state index contributed by atoms with van der Waals surface area (Å²) in [6.45, 7) is 4.12. The molecule has 2 rings (SSSR count). The predicted molar refractivity (Wildman–Crippen MR) is 122 cm³/mol. The molecule has 172 valence electrons. The number of nitrogens with one attached hydrogen (secondary N) is 2. The number of esters is 1. The molecule has 0 saturated carbocycles. The van der Waals surface area contributed by atoms with E-state index in [-0.39, 0.29) is 27.6 Å². The summed E-state index contributed by atoms with van der Waals surface area (Å²) in [4.78, 5) is 37.4. The van der Waals surface area contributed by atoms with E-state index in [4.69, 9.17) is 25.8 Å². The Morgan fingerprint density at radius 2 is 1.66 bits per heavy atom. The molecule has 0 unspecified atom stereocenters. The minimum absolute atomic E-state index is 0.00182. The van der Waals surface area contributed by atoms with Crippen molar-refractivity contribution < 1.29 is 28.6 Å². The minimum Gasteiger partial charge on any atom is -0.493 e. The Kier molecular flexibility index (Phi) is 9.34. The van der Waals surface area contributed by atoms with Gasteiger partial charge in [-0.25, -0.2) is 4.79 Å². The summed E-state index contributed by atoms with van der Waals surface area (Å²) in [5.41, 5.74) is 0.351. The number of rotatable bonds is 10. The molecule has 0 bridgehead atoms. The molecule has 32 heavy (non-hydrogen) atoms. The van der Waals surface area contributed by atoms with Crippen molar-refractivity contribution in [1.82, 2.24) is 5.32 Å². The first-order valence-electron chi connectivity index (χ1n) is 10.0. The van der Waals surface area contributed by atoms with Crippen LogP contribution in [-0.2, 0) is 9.53 Å². The fourth-order valence-corrected chi connectivity index (χ4v) is 2.97. The van der Waals surface area contributed by atoms with Crippen LogP contribution in [0.25, 0.3) is 0 Å². The van der Waals surface area contributed by atoms with Crippen LogP contribution < -0.4 is 20.1 Å². The van der Waals surface area contributed by atoms with Crippen LogP contribution >= 0.6 is 11.6 Å². The Balaban J connectivity index is 2.22. The third-order valence-corrected chi connectivity index (χ3v) is 4.82. The second-order valence-corrected chi connectivity index (χ2v) is 7.70. The number of hydrogen-bond acceptors (Lipinski definition) is 6. The number of halogens is 1. The number of ether oxygens (including phenoxy) is 3. The molecule has 0 aliphatic rings. The lowest BCUT2D eigenvalue weighted by atomic mass is 10.1. The zero-order chi connectivity index (χ0) is 23.7. The summed E-state index contributed by atoms with van der Waals surface area (Å²) in [6, 6.07) is 9.32. The zero-order valence-corrected chi connectivity index (χ0v) is 19.2. The van der Waals surface area contributed by atoms with Gasteiger partial charge in [0.05, 0.1) is 36.1 Å². The van der Waals surface area contributed by atoms with Crippen LogP contribution in [0.3, 0.4) is 0 Å². The van der Waals surface area contributed by atoms with Crippen LogP contribution in [0.5, 0.6) is 11.5 Å². The van der Waals surface area contributed by atoms with Crippen molar-refractivity contribution in [1.29, 1.82) is 0 Å². The maximum atomic E-state index is 12.7. The molecule has 0 spiro atoms. The third-order valence-electron chi connectivity index (χ3n) is 4.49. The molecular weight excluding hydrogens is 436 g/mol. The molecule has 2 amide bonds. The predicted octanol–water partition coefficient (Wildman–Crippen LogP) is 3.93. The maximum Gasteiger partial charge on any atom is 0.340 e. The van der Waals surface area contributed by atoms with Gasteiger partial charge >= 0.3 is 5.97 Å². The summed E-state index contributed by atoms with van der Waals surface area (Å²) < 4.78 is 15.7. The van der Waals surface area contributed by atoms with Gasteiger partial charge in [-0.1, -0.05) is 37.6 Å². The average Bonchev–Trinajstić information content (AvgIpc) is 2.77. The molecule has 0 radical (unpaired) electrons. The topological polar surface area (TPSA) is 103 Å². The van der Waals surface area contributed by atoms with E-state index in [1.807, 2.05) is 13.8 Å². The van der Waals surface area contributed by atoms with E-state index in [1.54, 1.807) is 24.3 Å². The lowest BCUT2D eigenvalue weighted by Gasteiger charge is -2.15. The normalized spacial score (nSPS) is 10.4. The van der Waals surface area contributed by atoms with Crippen LogP contribution in [0.2, 0.25) is 5.02 Å². The van der Waals surface area contributed by atoms with Gasteiger partial charge in [0.25, 0.3) is 11.8 Å². The monoisotopic (exact) mass is 462 g/mol. The Morgan fingerprint density at radius 3 is 2.28 bits per heavy atom. The van der Waals surface area contributed by atoms with Crippen LogP contribution in [0.4, 0.5) is 5.69 Å². The highest BCUT2D eigenvalue weighted by molar-refractivity contribution is 6.34. The summed E-state index contributed by atoms with van der Waals surface area (Å²) in [7, 11) is 2.84. The van der Waals surface area contributed by atoms with Gasteiger partial charge in [-0.05, 0) is 24.5 Å². The molecule has 0 fully saturated rings. The Hall–Kier alpha value is -3.26. The third kappa shape index (κ3) is 6.88. The van der Waals surface area contributed by atoms with Crippen molar-refractivity contribution in [3.63, 3.8) is 0 Å². The molecule has 2 N–H and O–H groups in total. The van der Waals surface area contributed by atoms with Gasteiger partial charge in [0, 0.05) is 18.7 Å². The van der Waals surface area contributed by atoms with E-state index >= 15 is 0 Å². The van der Waals surface area contributed by atoms with Gasteiger partial charge in [0.15, 0.2) is 18.1 Å². The molecule has 9 heteroatoms. The van der Waals surface area contributed by atoms with Crippen molar-refractivity contribution in [3.8, 4) is 11.5 Å². The van der Waals surface area contributed by atoms with Crippen LogP contribution in [-0.4, -0.2) is 45.2 Å². The second-order valence-electron chi connectivity index (χ2n) is 7.30. The summed E-state index contributed by atoms with van der Waals surface area (Å²) in [5.74, 6) is -0.751. The van der Waals surface area contributed by atoms with Gasteiger partial charge in [0.1, 0.15) is 0 Å². The molecule has 0 aromatic heterocycles. The number of carbonyl (C=O) groups is 3. The quantitative estimate of drug-likeness (QED) is 0.518. The minimum atomic E-state index is -0.806. The Morgan fingerprint density at radius 1 is 1.00 bits per heavy atom. The smallest absolute Gasteiger partial charge is 0.340 e. The molecule has 0 atom stereocenters. The lowest BCUT2D eigenvalue weighted by Crippen LogP contribution is -2.30. The Bertz CT molecular complexity index is 977. The van der Waals surface area contributed by atoms with Crippen molar-refractivity contribution in [2.75, 3.05) is 32.7 Å². The summed E-state index contributed by atoms with van der Waals surface area (Å²) in [5, 5.41) is 5.60. The SMILES string of the molecule is COc1cc(NC(=O)c2ccccc2Cl)c(C(=O)OCC(=O)NCCC(C)C)cc1OC. The molecule has 0 aliphatic heterocycles. The highest BCUT2D eigenvalue weighted by Crippen LogP contribution is 2.34. The number of anilines is 1. The lowest BCUT2D eigenvalue weighted by molar-refractivity contribution is -0.124. The standard InChI is InChI=1S/C23H27ClN2O6/c1-14(2)9-10-25-21(27)13-32-23(29)16-11-19(30-3)20(31-4)12-18(16)26-22(28)15-7-5-6-8-17(15)24/h5-8,11-12,14H,9-10,13H2,1-4H3,(H,25,27)(H,26,28). The Labute approximate surface area is 192 Å². The number of methoxy groups -OCH3 is 2. The highest BCUT2D eigenvalue weighted by atomic mass is 35.5. The van der Waals surface area contributed by atoms with Crippen molar-refractivity contribution in [2.24, 2.45) is 5.92 Å². The van der Waals surface area contributed by atoms with E-state index in [0.29, 0.717) is 18.2 Å². The van der Waals surface area contributed by atoms with E-state index in [9.17, 15) is 14.4 Å². The number of benzene rings is 2. The maximum absolute atomic E-state index is 12.7. The van der Waals surface area contributed by atoms with Gasteiger partial charge in [-0.3, -0.25) is 9.59 Å². The summed E-state index contributed by atoms with van der Waals surface area (Å²) in [6.07, 6.45) is 0.813. The number of hydrogen-bond donors (Lipinski definition) is 2. The fourth-order valence-electron chi connectivity index (χ4n) is 2.75. The van der Waals surface area contributed by atoms with Gasteiger partial charge < -0.3 is 24.8 Å². The highest BCUT2D eigenvalue weighted by Gasteiger charge is 2.21. The zero-order valence-electron chi connectivity index (χ0n) is 18.5. The number of amides is 2. The van der Waals surface area contributed by atoms with E-state index in [0.717, 1.165) is 6.42 Å². The first kappa shape index (κ1) is 25.0. The second kappa shape index (κ2) is 12.0. The van der Waals surface area contributed by atoms with Crippen molar-refractivity contribution >= 4 is 35.1 Å². The van der Waals surface area contributed by atoms with Crippen molar-refractivity contribution in [3.05, 3.63) is 52.5 Å². The first-order chi connectivity index (χ1) is 15.3. The summed E-state index contributed by atoms with van der Waals surface area (Å²) >= 11 is 6.10. The molecular formula is C23H27ClN2O6. The van der Waals surface area contributed by atoms with E-state index in [1.165, 1.54) is 26.4 Å². The molecule has 8 nitrogen and oxygen atoms in total. The van der Waals surface area contributed by atoms with E-state index in [2.05, 4.69) is 10.6 Å². The van der Waals surface area contributed by atoms with Crippen LogP contribution in [0.1, 0.15) is 41.0 Å². The van der Waals surface area contributed by atoms with Crippen LogP contribution in [0.15, 0.2) is 36.4 Å². The van der Waals surface area contributed by atoms with Crippen molar-refractivity contribution in [2.45, 2.75) is 20.3 Å². The first-order valence-corrected chi connectivity index (χ1v) is 10.4. The number of carbonyl (C=O) groups excluding carboxylic acids is 3. The van der Waals surface area contributed by atoms with Gasteiger partial charge in [-0.15, -0.1) is 0 Å². The van der Waals surface area contributed by atoms with E-state index < -0.39 is 24.4 Å². The fraction of sp³-hybridized carbons (Fsp3) is 0.348. The largest absolute Gasteiger partial charge is 0.493 e. The molecule has 0 aliphatic carbocycles. The van der Waals surface area contributed by atoms with Gasteiger partial charge in [-0.2, -0.15) is 0 Å². The van der Waals surface area contributed by atoms with Crippen LogP contribution in [0, 0.1) is 5.92 Å². The average molecular weight is 463 g/mol. The molecule has 2 aromatic carbocycles.